The van der Waals surface area contributed by atoms with Gasteiger partial charge in [-0.25, -0.2) is 4.79 Å². The number of rotatable bonds is 1. The smallest absolute Gasteiger partial charge is 0.320 e. The Hall–Kier alpha value is -0.810. The van der Waals surface area contributed by atoms with Crippen LogP contribution in [0.15, 0.2) is 0 Å². The summed E-state index contributed by atoms with van der Waals surface area (Å²) in [7, 11) is 1.94. The Morgan fingerprint density at radius 3 is 2.15 bits per heavy atom. The highest BCUT2D eigenvalue weighted by molar-refractivity contribution is 5.74. The fourth-order valence-corrected chi connectivity index (χ4v) is 3.02. The zero-order chi connectivity index (χ0) is 14.8. The van der Waals surface area contributed by atoms with Crippen molar-refractivity contribution in [3.8, 4) is 0 Å². The van der Waals surface area contributed by atoms with Gasteiger partial charge in [0.05, 0.1) is 0 Å². The number of urea groups is 1. The van der Waals surface area contributed by atoms with Gasteiger partial charge >= 0.3 is 6.03 Å². The molecule has 2 rings (SSSR count). The summed E-state index contributed by atoms with van der Waals surface area (Å²) < 4.78 is 5.37. The standard InChI is InChI=1S/C15H29N3O2/c1-15(2,3)18-9-7-17(8-10-18)14(19)16(4)13-5-11-20-12-6-13/h13H,5-12H2,1-4H3. The van der Waals surface area contributed by atoms with Gasteiger partial charge < -0.3 is 14.5 Å². The summed E-state index contributed by atoms with van der Waals surface area (Å²) in [5.41, 5.74) is 0.196. The maximum Gasteiger partial charge on any atom is 0.320 e. The Morgan fingerprint density at radius 2 is 1.65 bits per heavy atom. The minimum Gasteiger partial charge on any atom is -0.381 e. The molecule has 0 spiro atoms. The topological polar surface area (TPSA) is 36.0 Å². The molecule has 5 nitrogen and oxygen atoms in total. The summed E-state index contributed by atoms with van der Waals surface area (Å²) in [5, 5.41) is 0. The molecule has 0 radical (unpaired) electrons. The summed E-state index contributed by atoms with van der Waals surface area (Å²) in [6.45, 7) is 11.9. The number of hydrogen-bond donors (Lipinski definition) is 0. The number of amides is 2. The number of carbonyl (C=O) groups excluding carboxylic acids is 1. The zero-order valence-corrected chi connectivity index (χ0v) is 13.4. The van der Waals surface area contributed by atoms with Crippen LogP contribution in [0.4, 0.5) is 4.79 Å². The van der Waals surface area contributed by atoms with Crippen molar-refractivity contribution in [2.45, 2.75) is 45.2 Å². The van der Waals surface area contributed by atoms with Crippen molar-refractivity contribution < 1.29 is 9.53 Å². The van der Waals surface area contributed by atoms with E-state index in [-0.39, 0.29) is 11.6 Å². The highest BCUT2D eigenvalue weighted by Gasteiger charge is 2.31. The second-order valence-electron chi connectivity index (χ2n) is 6.88. The third kappa shape index (κ3) is 3.64. The van der Waals surface area contributed by atoms with E-state index in [9.17, 15) is 4.79 Å². The molecule has 20 heavy (non-hydrogen) atoms. The molecule has 0 saturated carbocycles. The first-order valence-electron chi connectivity index (χ1n) is 7.74. The van der Waals surface area contributed by atoms with Gasteiger partial charge in [0.2, 0.25) is 0 Å². The van der Waals surface area contributed by atoms with Crippen molar-refractivity contribution in [1.29, 1.82) is 0 Å². The summed E-state index contributed by atoms with van der Waals surface area (Å²) in [4.78, 5) is 18.9. The van der Waals surface area contributed by atoms with Gasteiger partial charge in [0.15, 0.2) is 0 Å². The molecule has 116 valence electrons. The molecule has 0 atom stereocenters. The van der Waals surface area contributed by atoms with Gasteiger partial charge in [-0.3, -0.25) is 4.90 Å². The maximum atomic E-state index is 12.5. The molecule has 2 saturated heterocycles. The van der Waals surface area contributed by atoms with E-state index in [1.54, 1.807) is 0 Å². The molecule has 5 heteroatoms. The van der Waals surface area contributed by atoms with Crippen molar-refractivity contribution in [1.82, 2.24) is 14.7 Å². The lowest BCUT2D eigenvalue weighted by Gasteiger charge is -2.44. The molecule has 0 bridgehead atoms. The van der Waals surface area contributed by atoms with Gasteiger partial charge in [0, 0.05) is 58.0 Å². The Kier molecular flexibility index (Phi) is 4.91. The lowest BCUT2D eigenvalue weighted by molar-refractivity contribution is 0.0347. The quantitative estimate of drug-likeness (QED) is 0.734. The van der Waals surface area contributed by atoms with Crippen LogP contribution < -0.4 is 0 Å². The molecule has 2 heterocycles. The predicted octanol–water partition coefficient (Wildman–Crippen LogP) is 1.63. The van der Waals surface area contributed by atoms with Crippen molar-refractivity contribution >= 4 is 6.03 Å². The Morgan fingerprint density at radius 1 is 1.10 bits per heavy atom. The molecule has 2 amide bonds. The maximum absolute atomic E-state index is 12.5. The first-order chi connectivity index (χ1) is 9.39. The van der Waals surface area contributed by atoms with E-state index in [2.05, 4.69) is 25.7 Å². The number of ether oxygens (including phenoxy) is 1. The van der Waals surface area contributed by atoms with E-state index in [0.717, 1.165) is 52.2 Å². The number of hydrogen-bond acceptors (Lipinski definition) is 3. The Bertz CT molecular complexity index is 327. The molecule has 0 aromatic heterocycles. The summed E-state index contributed by atoms with van der Waals surface area (Å²) in [6.07, 6.45) is 1.92. The van der Waals surface area contributed by atoms with Crippen LogP contribution in [0.3, 0.4) is 0 Å². The van der Waals surface area contributed by atoms with Gasteiger partial charge in [-0.1, -0.05) is 0 Å². The monoisotopic (exact) mass is 283 g/mol. The van der Waals surface area contributed by atoms with E-state index < -0.39 is 0 Å². The number of carbonyl (C=O) groups is 1. The van der Waals surface area contributed by atoms with E-state index in [4.69, 9.17) is 4.74 Å². The van der Waals surface area contributed by atoms with Crippen LogP contribution in [-0.4, -0.2) is 78.8 Å². The number of piperazine rings is 1. The van der Waals surface area contributed by atoms with Gasteiger partial charge in [-0.05, 0) is 33.6 Å². The normalized spacial score (nSPS) is 22.9. The summed E-state index contributed by atoms with van der Waals surface area (Å²) in [5.74, 6) is 0. The van der Waals surface area contributed by atoms with Crippen LogP contribution in [0.25, 0.3) is 0 Å². The Balaban J connectivity index is 1.85. The van der Waals surface area contributed by atoms with Crippen molar-refractivity contribution in [3.05, 3.63) is 0 Å². The highest BCUT2D eigenvalue weighted by atomic mass is 16.5. The molecular weight excluding hydrogens is 254 g/mol. The van der Waals surface area contributed by atoms with Crippen LogP contribution in [-0.2, 0) is 4.74 Å². The van der Waals surface area contributed by atoms with Crippen LogP contribution in [0, 0.1) is 0 Å². The molecule has 0 aliphatic carbocycles. The third-order valence-corrected chi connectivity index (χ3v) is 4.54. The molecule has 0 N–H and O–H groups in total. The van der Waals surface area contributed by atoms with Crippen LogP contribution >= 0.6 is 0 Å². The van der Waals surface area contributed by atoms with Crippen molar-refractivity contribution in [2.75, 3.05) is 46.4 Å². The van der Waals surface area contributed by atoms with Gasteiger partial charge in [0.1, 0.15) is 0 Å². The van der Waals surface area contributed by atoms with Gasteiger partial charge in [-0.2, -0.15) is 0 Å². The second kappa shape index (κ2) is 6.31. The van der Waals surface area contributed by atoms with Gasteiger partial charge in [0.25, 0.3) is 0 Å². The van der Waals surface area contributed by atoms with Crippen LogP contribution in [0.1, 0.15) is 33.6 Å². The van der Waals surface area contributed by atoms with Crippen LogP contribution in [0.5, 0.6) is 0 Å². The first kappa shape index (κ1) is 15.6. The SMILES string of the molecule is CN(C(=O)N1CCN(C(C)(C)C)CC1)C1CCOCC1. The van der Waals surface area contributed by atoms with E-state index >= 15 is 0 Å². The molecule has 2 aliphatic heterocycles. The zero-order valence-electron chi connectivity index (χ0n) is 13.4. The average molecular weight is 283 g/mol. The van der Waals surface area contributed by atoms with Crippen molar-refractivity contribution in [2.24, 2.45) is 0 Å². The molecule has 0 unspecified atom stereocenters. The van der Waals surface area contributed by atoms with Gasteiger partial charge in [-0.15, -0.1) is 0 Å². The van der Waals surface area contributed by atoms with E-state index in [1.165, 1.54) is 0 Å². The fraction of sp³-hybridized carbons (Fsp3) is 0.933. The summed E-state index contributed by atoms with van der Waals surface area (Å²) in [6, 6.07) is 0.530. The minimum atomic E-state index is 0.186. The Labute approximate surface area is 122 Å². The fourth-order valence-electron chi connectivity index (χ4n) is 3.02. The third-order valence-electron chi connectivity index (χ3n) is 4.54. The highest BCUT2D eigenvalue weighted by Crippen LogP contribution is 2.18. The average Bonchev–Trinajstić information content (AvgIpc) is 2.46. The molecule has 2 aliphatic rings. The lowest BCUT2D eigenvalue weighted by Crippen LogP contribution is -2.57. The lowest BCUT2D eigenvalue weighted by atomic mass is 10.0. The number of nitrogens with zero attached hydrogens (tertiary/aromatic N) is 3. The molecule has 2 fully saturated rings. The predicted molar refractivity (Wildman–Crippen MR) is 79.9 cm³/mol. The van der Waals surface area contributed by atoms with E-state index in [1.807, 2.05) is 16.8 Å². The minimum absolute atomic E-state index is 0.186. The first-order valence-corrected chi connectivity index (χ1v) is 7.74. The van der Waals surface area contributed by atoms with Crippen molar-refractivity contribution in [3.63, 3.8) is 0 Å². The second-order valence-corrected chi connectivity index (χ2v) is 6.88. The van der Waals surface area contributed by atoms with E-state index in [0.29, 0.717) is 6.04 Å². The molecule has 0 aromatic carbocycles. The summed E-state index contributed by atoms with van der Waals surface area (Å²) >= 11 is 0. The molecule has 0 aromatic rings. The largest absolute Gasteiger partial charge is 0.381 e. The van der Waals surface area contributed by atoms with Crippen LogP contribution in [0.2, 0.25) is 0 Å². The molecular formula is C15H29N3O2.